The molecule has 0 aliphatic rings. The molecule has 1 aromatic carbocycles. The Bertz CT molecular complexity index is 683. The summed E-state index contributed by atoms with van der Waals surface area (Å²) < 4.78 is 6.86. The van der Waals surface area contributed by atoms with E-state index in [-0.39, 0.29) is 18.2 Å². The van der Waals surface area contributed by atoms with Crippen LogP contribution in [0.15, 0.2) is 23.4 Å². The standard InChI is InChI=1S/C13H15N3O4S/c1-14-11(17)6-16-10-5-8(20-2)3-4-9(10)15-13(16)21-7-12(18)19/h3-5H,6-7H2,1-2H3,(H,14,17)(H,18,19). The number of likely N-dealkylation sites (N-methyl/N-ethyl adjacent to an activating group) is 1. The number of carbonyl (C=O) groups is 2. The summed E-state index contributed by atoms with van der Waals surface area (Å²) in [5.41, 5.74) is 1.42. The highest BCUT2D eigenvalue weighted by Crippen LogP contribution is 2.27. The van der Waals surface area contributed by atoms with E-state index in [1.807, 2.05) is 0 Å². The van der Waals surface area contributed by atoms with Crippen molar-refractivity contribution < 1.29 is 19.4 Å². The van der Waals surface area contributed by atoms with Crippen LogP contribution in [0, 0.1) is 0 Å². The summed E-state index contributed by atoms with van der Waals surface area (Å²) in [4.78, 5) is 26.7. The zero-order valence-corrected chi connectivity index (χ0v) is 12.4. The normalized spacial score (nSPS) is 10.6. The van der Waals surface area contributed by atoms with Gasteiger partial charge in [-0.3, -0.25) is 9.59 Å². The van der Waals surface area contributed by atoms with Crippen molar-refractivity contribution in [3.63, 3.8) is 0 Å². The molecular formula is C13H15N3O4S. The van der Waals surface area contributed by atoms with Crippen LogP contribution in [0.4, 0.5) is 0 Å². The van der Waals surface area contributed by atoms with E-state index < -0.39 is 5.97 Å². The molecule has 1 amide bonds. The van der Waals surface area contributed by atoms with Gasteiger partial charge in [0.2, 0.25) is 5.91 Å². The van der Waals surface area contributed by atoms with Gasteiger partial charge < -0.3 is 19.7 Å². The van der Waals surface area contributed by atoms with E-state index in [0.717, 1.165) is 17.3 Å². The number of aliphatic carboxylic acids is 1. The molecule has 0 saturated carbocycles. The molecule has 0 saturated heterocycles. The van der Waals surface area contributed by atoms with E-state index in [2.05, 4.69) is 10.3 Å². The number of thioether (sulfide) groups is 1. The maximum absolute atomic E-state index is 11.7. The van der Waals surface area contributed by atoms with Crippen molar-refractivity contribution in [2.75, 3.05) is 19.9 Å². The molecule has 2 aromatic rings. The number of carboxylic acids is 1. The topological polar surface area (TPSA) is 93.5 Å². The number of hydrogen-bond donors (Lipinski definition) is 2. The Balaban J connectivity index is 2.46. The number of aromatic nitrogens is 2. The molecule has 2 rings (SSSR count). The van der Waals surface area contributed by atoms with Gasteiger partial charge in [-0.2, -0.15) is 0 Å². The van der Waals surface area contributed by atoms with Gasteiger partial charge >= 0.3 is 5.97 Å². The Hall–Kier alpha value is -2.22. The number of carbonyl (C=O) groups excluding carboxylic acids is 1. The number of imidazole rings is 1. The molecule has 0 aliphatic heterocycles. The molecule has 2 N–H and O–H groups in total. The summed E-state index contributed by atoms with van der Waals surface area (Å²) in [5, 5.41) is 11.8. The second-order valence-electron chi connectivity index (χ2n) is 4.19. The number of nitrogens with zero attached hydrogens (tertiary/aromatic N) is 2. The quantitative estimate of drug-likeness (QED) is 0.772. The number of methoxy groups -OCH3 is 1. The van der Waals surface area contributed by atoms with Crippen molar-refractivity contribution in [2.24, 2.45) is 0 Å². The van der Waals surface area contributed by atoms with Gasteiger partial charge in [-0.1, -0.05) is 11.8 Å². The summed E-state index contributed by atoms with van der Waals surface area (Å²) in [6.45, 7) is 0.0715. The first-order valence-corrected chi connectivity index (χ1v) is 7.13. The van der Waals surface area contributed by atoms with Crippen LogP contribution in [0.5, 0.6) is 5.75 Å². The highest BCUT2D eigenvalue weighted by Gasteiger charge is 2.15. The molecule has 0 fully saturated rings. The number of hydrogen-bond acceptors (Lipinski definition) is 5. The monoisotopic (exact) mass is 309 g/mol. The largest absolute Gasteiger partial charge is 0.497 e. The van der Waals surface area contributed by atoms with E-state index in [4.69, 9.17) is 9.84 Å². The van der Waals surface area contributed by atoms with Crippen LogP contribution in [0.3, 0.4) is 0 Å². The summed E-state index contributed by atoms with van der Waals surface area (Å²) in [6.07, 6.45) is 0. The summed E-state index contributed by atoms with van der Waals surface area (Å²) >= 11 is 1.08. The SMILES string of the molecule is CNC(=O)Cn1c(SCC(=O)O)nc2ccc(OC)cc21. The number of carboxylic acid groups (broad SMARTS) is 1. The first kappa shape index (κ1) is 15.2. The van der Waals surface area contributed by atoms with Crippen LogP contribution in [-0.4, -0.2) is 46.4 Å². The highest BCUT2D eigenvalue weighted by molar-refractivity contribution is 7.99. The molecule has 8 heteroatoms. The Kier molecular flexibility index (Phi) is 4.69. The van der Waals surface area contributed by atoms with E-state index in [9.17, 15) is 9.59 Å². The number of rotatable bonds is 6. The van der Waals surface area contributed by atoms with Crippen molar-refractivity contribution in [1.29, 1.82) is 0 Å². The zero-order valence-electron chi connectivity index (χ0n) is 11.6. The van der Waals surface area contributed by atoms with Crippen LogP contribution in [0.1, 0.15) is 0 Å². The maximum Gasteiger partial charge on any atom is 0.313 e. The van der Waals surface area contributed by atoms with Gasteiger partial charge in [0.15, 0.2) is 5.16 Å². The van der Waals surface area contributed by atoms with Crippen molar-refractivity contribution >= 4 is 34.7 Å². The molecule has 0 radical (unpaired) electrons. The fraction of sp³-hybridized carbons (Fsp3) is 0.308. The number of benzene rings is 1. The minimum absolute atomic E-state index is 0.0715. The molecule has 0 bridgehead atoms. The molecule has 0 atom stereocenters. The molecule has 7 nitrogen and oxygen atoms in total. The first-order chi connectivity index (χ1) is 10.0. The Morgan fingerprint density at radius 2 is 2.24 bits per heavy atom. The van der Waals surface area contributed by atoms with Gasteiger partial charge in [0, 0.05) is 13.1 Å². The van der Waals surface area contributed by atoms with Gasteiger partial charge in [-0.15, -0.1) is 0 Å². The molecule has 112 valence electrons. The van der Waals surface area contributed by atoms with Crippen molar-refractivity contribution in [3.8, 4) is 5.75 Å². The Morgan fingerprint density at radius 3 is 2.86 bits per heavy atom. The smallest absolute Gasteiger partial charge is 0.313 e. The number of amides is 1. The predicted molar refractivity (Wildman–Crippen MR) is 78.7 cm³/mol. The van der Waals surface area contributed by atoms with Crippen LogP contribution in [0.2, 0.25) is 0 Å². The van der Waals surface area contributed by atoms with E-state index >= 15 is 0 Å². The average Bonchev–Trinajstić information content (AvgIpc) is 2.82. The zero-order chi connectivity index (χ0) is 15.4. The van der Waals surface area contributed by atoms with Crippen LogP contribution < -0.4 is 10.1 Å². The van der Waals surface area contributed by atoms with Gasteiger partial charge in [0.1, 0.15) is 12.3 Å². The van der Waals surface area contributed by atoms with Gasteiger partial charge in [0.25, 0.3) is 0 Å². The molecule has 0 spiro atoms. The molecule has 21 heavy (non-hydrogen) atoms. The van der Waals surface area contributed by atoms with Crippen molar-refractivity contribution in [1.82, 2.24) is 14.9 Å². The third-order valence-electron chi connectivity index (χ3n) is 2.83. The summed E-state index contributed by atoms with van der Waals surface area (Å²) in [5.74, 6) is -0.588. The lowest BCUT2D eigenvalue weighted by Crippen LogP contribution is -2.23. The fourth-order valence-corrected chi connectivity index (χ4v) is 2.55. The highest BCUT2D eigenvalue weighted by atomic mass is 32.2. The lowest BCUT2D eigenvalue weighted by Gasteiger charge is -2.07. The van der Waals surface area contributed by atoms with E-state index in [0.29, 0.717) is 16.4 Å². The third kappa shape index (κ3) is 3.46. The lowest BCUT2D eigenvalue weighted by atomic mass is 10.3. The van der Waals surface area contributed by atoms with E-state index in [1.165, 1.54) is 0 Å². The van der Waals surface area contributed by atoms with Crippen LogP contribution in [-0.2, 0) is 16.1 Å². The number of ether oxygens (including phenoxy) is 1. The second kappa shape index (κ2) is 6.49. The summed E-state index contributed by atoms with van der Waals surface area (Å²) in [6, 6.07) is 5.32. The molecule has 0 unspecified atom stereocenters. The minimum atomic E-state index is -0.934. The van der Waals surface area contributed by atoms with Crippen molar-refractivity contribution in [2.45, 2.75) is 11.7 Å². The Labute approximate surface area is 125 Å². The fourth-order valence-electron chi connectivity index (χ4n) is 1.82. The lowest BCUT2D eigenvalue weighted by molar-refractivity contribution is -0.133. The minimum Gasteiger partial charge on any atom is -0.497 e. The van der Waals surface area contributed by atoms with E-state index in [1.54, 1.807) is 36.9 Å². The van der Waals surface area contributed by atoms with Gasteiger partial charge in [-0.05, 0) is 12.1 Å². The number of nitrogens with one attached hydrogen (secondary N) is 1. The third-order valence-corrected chi connectivity index (χ3v) is 3.79. The predicted octanol–water partition coefficient (Wildman–Crippen LogP) is 0.968. The molecular weight excluding hydrogens is 294 g/mol. The van der Waals surface area contributed by atoms with Crippen LogP contribution in [0.25, 0.3) is 11.0 Å². The summed E-state index contributed by atoms with van der Waals surface area (Å²) in [7, 11) is 3.10. The number of fused-ring (bicyclic) bond motifs is 1. The first-order valence-electron chi connectivity index (χ1n) is 6.14. The van der Waals surface area contributed by atoms with Gasteiger partial charge in [0.05, 0.1) is 23.9 Å². The second-order valence-corrected chi connectivity index (χ2v) is 5.13. The maximum atomic E-state index is 11.7. The van der Waals surface area contributed by atoms with Gasteiger partial charge in [-0.25, -0.2) is 4.98 Å². The molecule has 1 aromatic heterocycles. The molecule has 1 heterocycles. The van der Waals surface area contributed by atoms with Crippen LogP contribution >= 0.6 is 11.8 Å². The Morgan fingerprint density at radius 1 is 1.48 bits per heavy atom. The average molecular weight is 309 g/mol. The van der Waals surface area contributed by atoms with Crippen molar-refractivity contribution in [3.05, 3.63) is 18.2 Å². The molecule has 0 aliphatic carbocycles.